The number of esters is 1. The van der Waals surface area contributed by atoms with E-state index in [4.69, 9.17) is 24.4 Å². The molecule has 0 spiro atoms. The van der Waals surface area contributed by atoms with Crippen LogP contribution in [-0.2, 0) is 9.59 Å². The predicted octanol–water partition coefficient (Wildman–Crippen LogP) is 3.48. The first-order valence-corrected chi connectivity index (χ1v) is 11.0. The lowest BCUT2D eigenvalue weighted by Gasteiger charge is -2.26. The van der Waals surface area contributed by atoms with Gasteiger partial charge >= 0.3 is 5.97 Å². The zero-order valence-electron chi connectivity index (χ0n) is 19.1. The molecule has 1 aliphatic heterocycles. The van der Waals surface area contributed by atoms with E-state index in [9.17, 15) is 19.5 Å². The number of primary amides is 1. The van der Waals surface area contributed by atoms with Gasteiger partial charge in [-0.05, 0) is 35.4 Å². The van der Waals surface area contributed by atoms with Crippen LogP contribution in [-0.4, -0.2) is 30.7 Å². The van der Waals surface area contributed by atoms with Gasteiger partial charge in [0, 0.05) is 17.5 Å². The molecule has 0 bridgehead atoms. The molecule has 0 aliphatic carbocycles. The number of hydrogen-bond donors (Lipinski definition) is 2. The summed E-state index contributed by atoms with van der Waals surface area (Å²) < 4.78 is 21.8. The predicted molar refractivity (Wildman–Crippen MR) is 129 cm³/mol. The number of benzene rings is 3. The summed E-state index contributed by atoms with van der Waals surface area (Å²) in [5.41, 5.74) is 6.90. The molecular formula is C27H21NO8. The van der Waals surface area contributed by atoms with Crippen molar-refractivity contribution in [3.05, 3.63) is 82.2 Å². The number of nitrogens with two attached hydrogens (primary N) is 1. The number of phenolic OH excluding ortho intramolecular Hbond substituents is 1. The molecule has 4 aromatic rings. The monoisotopic (exact) mass is 487 g/mol. The van der Waals surface area contributed by atoms with Crippen LogP contribution in [0.4, 0.5) is 0 Å². The highest BCUT2D eigenvalue weighted by Crippen LogP contribution is 2.45. The third-order valence-electron chi connectivity index (χ3n) is 6.04. The third-order valence-corrected chi connectivity index (χ3v) is 6.04. The Kier molecular flexibility index (Phi) is 5.81. The van der Waals surface area contributed by atoms with Crippen molar-refractivity contribution < 1.29 is 33.3 Å². The topological polar surface area (TPSA) is 138 Å². The summed E-state index contributed by atoms with van der Waals surface area (Å²) >= 11 is 0. The minimum atomic E-state index is -0.599. The van der Waals surface area contributed by atoms with Gasteiger partial charge in [0.15, 0.2) is 6.61 Å². The van der Waals surface area contributed by atoms with E-state index in [0.717, 1.165) is 5.56 Å². The van der Waals surface area contributed by atoms with Gasteiger partial charge < -0.3 is 29.5 Å². The lowest BCUT2D eigenvalue weighted by molar-refractivity contribution is -0.135. The number of carbonyl (C=O) groups is 2. The van der Waals surface area contributed by atoms with Crippen LogP contribution in [0.1, 0.15) is 23.5 Å². The number of carbonyl (C=O) groups excluding carboxylic acids is 2. The van der Waals surface area contributed by atoms with Gasteiger partial charge in [-0.1, -0.05) is 24.3 Å². The molecule has 3 aromatic carbocycles. The molecule has 3 N–H and O–H groups in total. The second-order valence-electron chi connectivity index (χ2n) is 8.27. The van der Waals surface area contributed by atoms with Gasteiger partial charge in [-0.2, -0.15) is 0 Å². The highest BCUT2D eigenvalue weighted by Gasteiger charge is 2.33. The zero-order chi connectivity index (χ0) is 25.4. The molecule has 0 radical (unpaired) electrons. The van der Waals surface area contributed by atoms with Crippen molar-refractivity contribution in [3.8, 4) is 34.1 Å². The van der Waals surface area contributed by atoms with Crippen molar-refractivity contribution in [1.29, 1.82) is 0 Å². The number of rotatable bonds is 6. The largest absolute Gasteiger partial charge is 0.507 e. The molecule has 1 aromatic heterocycles. The zero-order valence-corrected chi connectivity index (χ0v) is 19.1. The number of ether oxygens (including phenoxy) is 3. The SMILES string of the molecule is COc1ccc(-c2coc3c4c(cc(O)c3c2=O)OC(=O)CC4c2ccc(OCC(N)=O)cc2)cc1. The molecule has 1 atom stereocenters. The van der Waals surface area contributed by atoms with Crippen LogP contribution in [0.15, 0.2) is 70.1 Å². The maximum Gasteiger partial charge on any atom is 0.312 e. The van der Waals surface area contributed by atoms with Crippen LogP contribution in [0.5, 0.6) is 23.0 Å². The number of methoxy groups -OCH3 is 1. The standard InChI is InChI=1S/C27H21NO8/c1-33-16-6-2-15(3-7-16)19-12-35-27-24-18(14-4-8-17(9-5-14)34-13-22(28)30)10-23(31)36-21(24)11-20(29)25(27)26(19)32/h2-9,11-12,18,29H,10,13H2,1H3,(H2,28,30). The van der Waals surface area contributed by atoms with E-state index in [1.54, 1.807) is 55.6 Å². The molecular weight excluding hydrogens is 466 g/mol. The Balaban J connectivity index is 1.62. The minimum absolute atomic E-state index is 0.00168. The number of amides is 1. The molecule has 5 rings (SSSR count). The normalized spacial score (nSPS) is 14.7. The molecule has 2 heterocycles. The first kappa shape index (κ1) is 23.0. The number of phenols is 1. The molecule has 0 fully saturated rings. The van der Waals surface area contributed by atoms with Crippen molar-refractivity contribution in [2.45, 2.75) is 12.3 Å². The van der Waals surface area contributed by atoms with E-state index in [2.05, 4.69) is 0 Å². The smallest absolute Gasteiger partial charge is 0.312 e. The van der Waals surface area contributed by atoms with E-state index in [-0.39, 0.29) is 41.1 Å². The lowest BCUT2D eigenvalue weighted by Crippen LogP contribution is -2.22. The van der Waals surface area contributed by atoms with E-state index in [0.29, 0.717) is 22.6 Å². The summed E-state index contributed by atoms with van der Waals surface area (Å²) in [6.45, 7) is -0.260. The maximum atomic E-state index is 13.5. The summed E-state index contributed by atoms with van der Waals surface area (Å²) in [4.78, 5) is 36.8. The Bertz CT molecular complexity index is 1540. The minimum Gasteiger partial charge on any atom is -0.507 e. The Hall–Kier alpha value is -4.79. The van der Waals surface area contributed by atoms with Gasteiger partial charge in [0.25, 0.3) is 5.91 Å². The summed E-state index contributed by atoms with van der Waals surface area (Å²) in [6.07, 6.45) is 1.33. The van der Waals surface area contributed by atoms with Gasteiger partial charge in [-0.3, -0.25) is 14.4 Å². The summed E-state index contributed by atoms with van der Waals surface area (Å²) in [6, 6.07) is 14.9. The molecule has 0 saturated carbocycles. The summed E-state index contributed by atoms with van der Waals surface area (Å²) in [5.74, 6) is -0.758. The van der Waals surface area contributed by atoms with E-state index in [1.807, 2.05) is 0 Å². The molecule has 1 aliphatic rings. The van der Waals surface area contributed by atoms with Crippen LogP contribution in [0.2, 0.25) is 0 Å². The van der Waals surface area contributed by atoms with Crippen LogP contribution in [0, 0.1) is 0 Å². The molecule has 0 saturated heterocycles. The molecule has 9 nitrogen and oxygen atoms in total. The van der Waals surface area contributed by atoms with Crippen LogP contribution >= 0.6 is 0 Å². The van der Waals surface area contributed by atoms with Crippen molar-refractivity contribution in [2.24, 2.45) is 5.73 Å². The Morgan fingerprint density at radius 1 is 1.08 bits per heavy atom. The van der Waals surface area contributed by atoms with Gasteiger partial charge in [-0.25, -0.2) is 0 Å². The lowest BCUT2D eigenvalue weighted by atomic mass is 9.85. The molecule has 1 amide bonds. The average Bonchev–Trinajstić information content (AvgIpc) is 2.87. The molecule has 1 unspecified atom stereocenters. The van der Waals surface area contributed by atoms with Gasteiger partial charge in [0.2, 0.25) is 5.43 Å². The van der Waals surface area contributed by atoms with Crippen molar-refractivity contribution in [2.75, 3.05) is 13.7 Å². The highest BCUT2D eigenvalue weighted by molar-refractivity contribution is 5.94. The maximum absolute atomic E-state index is 13.5. The van der Waals surface area contributed by atoms with Crippen LogP contribution in [0.3, 0.4) is 0 Å². The van der Waals surface area contributed by atoms with Gasteiger partial charge in [-0.15, -0.1) is 0 Å². The van der Waals surface area contributed by atoms with E-state index < -0.39 is 23.2 Å². The molecule has 182 valence electrons. The summed E-state index contributed by atoms with van der Waals surface area (Å²) in [7, 11) is 1.55. The van der Waals surface area contributed by atoms with Crippen molar-refractivity contribution in [1.82, 2.24) is 0 Å². The van der Waals surface area contributed by atoms with Crippen molar-refractivity contribution in [3.63, 3.8) is 0 Å². The van der Waals surface area contributed by atoms with E-state index >= 15 is 0 Å². The van der Waals surface area contributed by atoms with Gasteiger partial charge in [0.1, 0.15) is 40.2 Å². The average molecular weight is 487 g/mol. The fourth-order valence-corrected chi connectivity index (χ4v) is 4.34. The van der Waals surface area contributed by atoms with Crippen LogP contribution < -0.4 is 25.4 Å². The highest BCUT2D eigenvalue weighted by atomic mass is 16.5. The van der Waals surface area contributed by atoms with Crippen molar-refractivity contribution >= 4 is 22.8 Å². The number of fused-ring (bicyclic) bond motifs is 3. The molecule has 9 heteroatoms. The number of aromatic hydroxyl groups is 1. The quantitative estimate of drug-likeness (QED) is 0.311. The Morgan fingerprint density at radius 3 is 2.44 bits per heavy atom. The second-order valence-corrected chi connectivity index (χ2v) is 8.27. The summed E-state index contributed by atoms with van der Waals surface area (Å²) in [5, 5.41) is 10.7. The number of hydrogen-bond acceptors (Lipinski definition) is 8. The first-order chi connectivity index (χ1) is 17.4. The first-order valence-electron chi connectivity index (χ1n) is 11.0. The molecule has 36 heavy (non-hydrogen) atoms. The van der Waals surface area contributed by atoms with Crippen LogP contribution in [0.25, 0.3) is 22.1 Å². The van der Waals surface area contributed by atoms with E-state index in [1.165, 1.54) is 12.3 Å². The van der Waals surface area contributed by atoms with Gasteiger partial charge in [0.05, 0.1) is 19.1 Å². The Labute approximate surface area is 204 Å². The fourth-order valence-electron chi connectivity index (χ4n) is 4.34. The third kappa shape index (κ3) is 4.11. The second kappa shape index (κ2) is 9.10. The fraction of sp³-hybridized carbons (Fsp3) is 0.148. The Morgan fingerprint density at radius 2 is 1.78 bits per heavy atom.